The van der Waals surface area contributed by atoms with Crippen molar-refractivity contribution in [2.24, 2.45) is 17.3 Å². The first-order valence-corrected chi connectivity index (χ1v) is 10.0. The number of rotatable bonds is 5. The smallest absolute Gasteiger partial charge is 0.425 e. The molecule has 0 aliphatic rings. The Bertz CT molecular complexity index is 1000. The zero-order valence-corrected chi connectivity index (χ0v) is 19.1. The van der Waals surface area contributed by atoms with Crippen LogP contribution in [0.3, 0.4) is 0 Å². The van der Waals surface area contributed by atoms with E-state index in [2.05, 4.69) is 4.98 Å². The van der Waals surface area contributed by atoms with Crippen molar-refractivity contribution < 1.29 is 27.1 Å². The van der Waals surface area contributed by atoms with Crippen molar-refractivity contribution in [3.05, 3.63) is 53.5 Å². The fourth-order valence-corrected chi connectivity index (χ4v) is 2.92. The lowest BCUT2D eigenvalue weighted by Gasteiger charge is -2.37. The van der Waals surface area contributed by atoms with Gasteiger partial charge >= 0.3 is 12.3 Å². The zero-order chi connectivity index (χ0) is 25.4. The highest BCUT2D eigenvalue weighted by molar-refractivity contribution is 5.69. The molecule has 2 aromatic rings. The summed E-state index contributed by atoms with van der Waals surface area (Å²) >= 11 is 0. The molecule has 0 spiro atoms. The van der Waals surface area contributed by atoms with Gasteiger partial charge in [-0.1, -0.05) is 0 Å². The van der Waals surface area contributed by atoms with E-state index in [1.165, 1.54) is 32.0 Å². The summed E-state index contributed by atoms with van der Waals surface area (Å²) in [5, 5.41) is 0.778. The van der Waals surface area contributed by atoms with Gasteiger partial charge < -0.3 is 16.2 Å². The van der Waals surface area contributed by atoms with Crippen molar-refractivity contribution >= 4 is 6.09 Å². The third kappa shape index (κ3) is 5.60. The van der Waals surface area contributed by atoms with Crippen LogP contribution in [-0.4, -0.2) is 34.4 Å². The molecule has 0 bridgehead atoms. The first-order chi connectivity index (χ1) is 14.9. The predicted molar refractivity (Wildman–Crippen MR) is 116 cm³/mol. The Morgan fingerprint density at radius 3 is 2.06 bits per heavy atom. The Morgan fingerprint density at radius 1 is 1.06 bits per heavy atom. The van der Waals surface area contributed by atoms with Crippen molar-refractivity contribution in [2.45, 2.75) is 57.5 Å². The Labute approximate surface area is 189 Å². The van der Waals surface area contributed by atoms with Gasteiger partial charge in [-0.05, 0) is 76.6 Å². The largest absolute Gasteiger partial charge is 0.443 e. The summed E-state index contributed by atoms with van der Waals surface area (Å²) in [4.78, 5) is 16.7. The fraction of sp³-hybridized carbons (Fsp3) is 0.455. The number of nitrogens with two attached hydrogens (primary N) is 3. The van der Waals surface area contributed by atoms with E-state index in [4.69, 9.17) is 22.0 Å². The number of benzene rings is 1. The lowest BCUT2D eigenvalue weighted by atomic mass is 9.87. The number of amides is 1. The molecule has 11 heteroatoms. The summed E-state index contributed by atoms with van der Waals surface area (Å²) in [5.74, 6) is 5.50. The van der Waals surface area contributed by atoms with E-state index in [0.717, 1.165) is 23.2 Å². The minimum atomic E-state index is -4.93. The number of carbonyl (C=O) groups is 1. The molecule has 1 heterocycles. The summed E-state index contributed by atoms with van der Waals surface area (Å²) in [7, 11) is 0. The van der Waals surface area contributed by atoms with Gasteiger partial charge in [-0.25, -0.2) is 20.0 Å². The summed E-state index contributed by atoms with van der Waals surface area (Å²) in [5.41, 5.74) is 5.96. The molecule has 1 atom stereocenters. The molecule has 1 unspecified atom stereocenters. The topological polar surface area (TPSA) is 120 Å². The van der Waals surface area contributed by atoms with Gasteiger partial charge in [-0.15, -0.1) is 0 Å². The lowest BCUT2D eigenvalue weighted by Crippen LogP contribution is -2.56. The number of ether oxygens (including phenoxy) is 1. The molecule has 0 radical (unpaired) electrons. The van der Waals surface area contributed by atoms with Gasteiger partial charge in [0.15, 0.2) is 5.54 Å². The number of hydrazine groups is 1. The highest BCUT2D eigenvalue weighted by Crippen LogP contribution is 2.38. The van der Waals surface area contributed by atoms with Gasteiger partial charge in [0.1, 0.15) is 11.4 Å². The SMILES string of the molecule is CC(C)(C)OC(=O)N(N)C(C)(C)c1cc(-c2ccc(F)cc2)nc(C(N)(CN)C(F)(F)F)c1. The Hall–Kier alpha value is -2.76. The van der Waals surface area contributed by atoms with Crippen molar-refractivity contribution in [1.29, 1.82) is 0 Å². The number of hydrogen-bond acceptors (Lipinski definition) is 6. The molecule has 1 aromatic heterocycles. The molecule has 1 amide bonds. The van der Waals surface area contributed by atoms with Gasteiger partial charge in [0.05, 0.1) is 16.9 Å². The molecule has 182 valence electrons. The molecule has 0 aliphatic heterocycles. The van der Waals surface area contributed by atoms with Crippen LogP contribution in [0.25, 0.3) is 11.3 Å². The Morgan fingerprint density at radius 2 is 1.61 bits per heavy atom. The lowest BCUT2D eigenvalue weighted by molar-refractivity contribution is -0.187. The van der Waals surface area contributed by atoms with Crippen LogP contribution in [0.2, 0.25) is 0 Å². The van der Waals surface area contributed by atoms with E-state index in [1.54, 1.807) is 20.8 Å². The van der Waals surface area contributed by atoms with Gasteiger partial charge in [0.25, 0.3) is 0 Å². The fourth-order valence-electron chi connectivity index (χ4n) is 2.92. The van der Waals surface area contributed by atoms with Crippen molar-refractivity contribution in [1.82, 2.24) is 9.99 Å². The predicted octanol–water partition coefficient (Wildman–Crippen LogP) is 3.91. The number of nitrogens with zero attached hydrogens (tertiary/aromatic N) is 2. The maximum atomic E-state index is 13.9. The van der Waals surface area contributed by atoms with Crippen molar-refractivity contribution in [2.75, 3.05) is 6.54 Å². The van der Waals surface area contributed by atoms with Crippen LogP contribution >= 0.6 is 0 Å². The van der Waals surface area contributed by atoms with Crippen LogP contribution in [-0.2, 0) is 15.8 Å². The molecule has 6 N–H and O–H groups in total. The maximum Gasteiger partial charge on any atom is 0.425 e. The van der Waals surface area contributed by atoms with E-state index in [1.807, 2.05) is 0 Å². The molecule has 0 fully saturated rings. The number of hydrogen-bond donors (Lipinski definition) is 3. The highest BCUT2D eigenvalue weighted by Gasteiger charge is 2.54. The molecule has 0 aliphatic carbocycles. The number of alkyl halides is 3. The van der Waals surface area contributed by atoms with Crippen LogP contribution < -0.4 is 17.3 Å². The standard InChI is InChI=1S/C22H29F4N5O2/c1-19(2,3)33-18(32)31(29)20(4,5)14-10-16(13-6-8-15(23)9-7-13)30-17(11-14)21(28,12-27)22(24,25)26/h6-11H,12,27-29H2,1-5H3. The minimum absolute atomic E-state index is 0.0701. The number of halogens is 4. The quantitative estimate of drug-likeness (QED) is 0.263. The van der Waals surface area contributed by atoms with E-state index in [9.17, 15) is 22.4 Å². The van der Waals surface area contributed by atoms with Gasteiger partial charge in [0, 0.05) is 12.1 Å². The average Bonchev–Trinajstić information content (AvgIpc) is 2.70. The van der Waals surface area contributed by atoms with Crippen LogP contribution in [0.4, 0.5) is 22.4 Å². The van der Waals surface area contributed by atoms with Crippen molar-refractivity contribution in [3.8, 4) is 11.3 Å². The summed E-state index contributed by atoms with van der Waals surface area (Å²) in [6.45, 7) is 7.02. The molecular formula is C22H29F4N5O2. The molecule has 7 nitrogen and oxygen atoms in total. The first kappa shape index (κ1) is 26.5. The second kappa shape index (κ2) is 8.88. The molecule has 1 aromatic carbocycles. The van der Waals surface area contributed by atoms with Crippen LogP contribution in [0.5, 0.6) is 0 Å². The van der Waals surface area contributed by atoms with Gasteiger partial charge in [-0.2, -0.15) is 13.2 Å². The average molecular weight is 471 g/mol. The van der Waals surface area contributed by atoms with E-state index in [0.29, 0.717) is 5.56 Å². The summed E-state index contributed by atoms with van der Waals surface area (Å²) in [6.07, 6.45) is -5.81. The molecule has 33 heavy (non-hydrogen) atoms. The molecule has 0 saturated heterocycles. The second-order valence-electron chi connectivity index (χ2n) is 9.22. The van der Waals surface area contributed by atoms with Crippen LogP contribution in [0, 0.1) is 5.82 Å². The first-order valence-electron chi connectivity index (χ1n) is 10.0. The monoisotopic (exact) mass is 471 g/mol. The minimum Gasteiger partial charge on any atom is -0.443 e. The number of carbonyl (C=O) groups excluding carboxylic acids is 1. The zero-order valence-electron chi connectivity index (χ0n) is 19.1. The van der Waals surface area contributed by atoms with Crippen molar-refractivity contribution in [3.63, 3.8) is 0 Å². The van der Waals surface area contributed by atoms with E-state index in [-0.39, 0.29) is 11.3 Å². The van der Waals surface area contributed by atoms with E-state index < -0.39 is 47.0 Å². The third-order valence-electron chi connectivity index (χ3n) is 5.15. The molecule has 0 saturated carbocycles. The third-order valence-corrected chi connectivity index (χ3v) is 5.15. The van der Waals surface area contributed by atoms with E-state index >= 15 is 0 Å². The molecule has 2 rings (SSSR count). The second-order valence-corrected chi connectivity index (χ2v) is 9.22. The van der Waals surface area contributed by atoms with Gasteiger partial charge in [0.2, 0.25) is 0 Å². The van der Waals surface area contributed by atoms with Gasteiger partial charge in [-0.3, -0.25) is 4.98 Å². The molecular weight excluding hydrogens is 442 g/mol. The summed E-state index contributed by atoms with van der Waals surface area (Å²) in [6, 6.07) is 7.58. The number of pyridine rings is 1. The Balaban J connectivity index is 2.72. The highest BCUT2D eigenvalue weighted by atomic mass is 19.4. The number of aromatic nitrogens is 1. The Kier molecular flexibility index (Phi) is 7.13. The normalized spacial score (nSPS) is 14.5. The summed E-state index contributed by atoms with van der Waals surface area (Å²) < 4.78 is 60.3. The van der Waals surface area contributed by atoms with Crippen LogP contribution in [0.1, 0.15) is 45.9 Å². The van der Waals surface area contributed by atoms with Crippen LogP contribution in [0.15, 0.2) is 36.4 Å². The maximum absolute atomic E-state index is 13.9.